The zero-order valence-corrected chi connectivity index (χ0v) is 25.7. The number of amides is 2. The zero-order valence-electron chi connectivity index (χ0n) is 25.7. The summed E-state index contributed by atoms with van der Waals surface area (Å²) in [7, 11) is 0. The number of carboxylic acids is 2. The molecule has 2 amide bonds. The fourth-order valence-corrected chi connectivity index (χ4v) is 6.12. The van der Waals surface area contributed by atoms with Crippen LogP contribution in [-0.2, 0) is 38.4 Å². The summed E-state index contributed by atoms with van der Waals surface area (Å²) in [6.45, 7) is 11.5. The highest BCUT2D eigenvalue weighted by Gasteiger charge is 2.29. The molecule has 2 aromatic rings. The summed E-state index contributed by atoms with van der Waals surface area (Å²) in [4.78, 5) is 58.9. The molecule has 2 aliphatic rings. The number of aliphatic imine (C=N–C) groups is 1. The molecule has 5 N–H and O–H groups in total. The highest BCUT2D eigenvalue weighted by molar-refractivity contribution is 6.30. The molecule has 0 spiro atoms. The number of carboxylic acid groups (broad SMARTS) is 2. The van der Waals surface area contributed by atoms with E-state index in [0.717, 1.165) is 55.7 Å². The molecule has 0 radical (unpaired) electrons. The lowest BCUT2D eigenvalue weighted by Gasteiger charge is -2.12. The van der Waals surface area contributed by atoms with E-state index in [9.17, 15) is 29.4 Å². The van der Waals surface area contributed by atoms with E-state index in [1.54, 1.807) is 6.92 Å². The van der Waals surface area contributed by atoms with Gasteiger partial charge < -0.3 is 25.5 Å². The molecule has 0 aromatic carbocycles. The second-order valence-electron chi connectivity index (χ2n) is 11.3. The van der Waals surface area contributed by atoms with Crippen molar-refractivity contribution in [3.05, 3.63) is 66.6 Å². The molecule has 0 saturated carbocycles. The van der Waals surface area contributed by atoms with Crippen molar-refractivity contribution in [1.29, 1.82) is 0 Å². The standard InChI is InChI=1S/C33H40N4O6/c1-7-20-19(6)32(42)37-27(20)14-25-18(5)23(10-12-31(40)41)29(35-25)15-28-22(9-11-30(38)39)17(4)24(34-28)13-26-16(3)21(8-2)33(43)36-26/h14-15,26,34-35H,7-13H2,1-6H3,(H,36,43)(H,38,39)(H,40,41). The predicted molar refractivity (Wildman–Crippen MR) is 164 cm³/mol. The van der Waals surface area contributed by atoms with Gasteiger partial charge in [0.2, 0.25) is 5.91 Å². The Morgan fingerprint density at radius 1 is 0.837 bits per heavy atom. The van der Waals surface area contributed by atoms with Gasteiger partial charge in [-0.25, -0.2) is 4.99 Å². The molecule has 228 valence electrons. The molecule has 43 heavy (non-hydrogen) atoms. The van der Waals surface area contributed by atoms with Crippen LogP contribution in [0.4, 0.5) is 0 Å². The van der Waals surface area contributed by atoms with Crippen LogP contribution in [0, 0.1) is 13.8 Å². The molecule has 0 saturated heterocycles. The minimum absolute atomic E-state index is 0.0496. The van der Waals surface area contributed by atoms with Gasteiger partial charge in [0.15, 0.2) is 0 Å². The molecule has 2 aromatic heterocycles. The largest absolute Gasteiger partial charge is 0.481 e. The number of allylic oxidation sites excluding steroid dienone is 1. The molecule has 0 aliphatic carbocycles. The van der Waals surface area contributed by atoms with Crippen LogP contribution in [0.5, 0.6) is 0 Å². The van der Waals surface area contributed by atoms with Gasteiger partial charge in [-0.1, -0.05) is 13.8 Å². The van der Waals surface area contributed by atoms with Crippen molar-refractivity contribution >= 4 is 41.6 Å². The van der Waals surface area contributed by atoms with E-state index in [1.165, 1.54) is 0 Å². The van der Waals surface area contributed by atoms with Crippen LogP contribution in [0.3, 0.4) is 0 Å². The minimum Gasteiger partial charge on any atom is -0.481 e. The minimum atomic E-state index is -0.914. The van der Waals surface area contributed by atoms with Crippen molar-refractivity contribution in [3.63, 3.8) is 0 Å². The second-order valence-corrected chi connectivity index (χ2v) is 11.3. The van der Waals surface area contributed by atoms with E-state index in [2.05, 4.69) is 20.3 Å². The maximum atomic E-state index is 12.4. The number of rotatable bonds is 12. The first-order valence-corrected chi connectivity index (χ1v) is 14.7. The number of nitrogens with one attached hydrogen (secondary N) is 3. The fraction of sp³-hybridized carbons (Fsp3) is 0.424. The van der Waals surface area contributed by atoms with E-state index in [4.69, 9.17) is 0 Å². The van der Waals surface area contributed by atoms with E-state index in [0.29, 0.717) is 42.3 Å². The molecule has 1 atom stereocenters. The summed E-state index contributed by atoms with van der Waals surface area (Å²) in [5.74, 6) is -2.12. The van der Waals surface area contributed by atoms with Gasteiger partial charge in [0.1, 0.15) is 0 Å². The lowest BCUT2D eigenvalue weighted by molar-refractivity contribution is -0.138. The summed E-state index contributed by atoms with van der Waals surface area (Å²) in [6, 6.07) is -0.154. The molecule has 1 unspecified atom stereocenters. The van der Waals surface area contributed by atoms with Gasteiger partial charge in [-0.05, 0) is 98.9 Å². The molecular formula is C33H40N4O6. The number of aromatic amines is 2. The topological polar surface area (TPSA) is 165 Å². The maximum Gasteiger partial charge on any atom is 0.303 e. The number of aliphatic carboxylic acids is 2. The van der Waals surface area contributed by atoms with Crippen molar-refractivity contribution < 1.29 is 29.4 Å². The molecule has 4 heterocycles. The summed E-state index contributed by atoms with van der Waals surface area (Å²) in [5.41, 5.74) is 9.04. The Morgan fingerprint density at radius 3 is 2.05 bits per heavy atom. The van der Waals surface area contributed by atoms with Crippen molar-refractivity contribution in [1.82, 2.24) is 15.3 Å². The first kappa shape index (κ1) is 31.5. The summed E-state index contributed by atoms with van der Waals surface area (Å²) in [6.07, 6.45) is 6.07. The summed E-state index contributed by atoms with van der Waals surface area (Å²) >= 11 is 0. The van der Waals surface area contributed by atoms with Crippen molar-refractivity contribution in [2.75, 3.05) is 0 Å². The summed E-state index contributed by atoms with van der Waals surface area (Å²) < 4.78 is 0. The smallest absolute Gasteiger partial charge is 0.303 e. The molecule has 0 bridgehead atoms. The number of hydrogen-bond donors (Lipinski definition) is 5. The van der Waals surface area contributed by atoms with E-state index >= 15 is 0 Å². The molecule has 2 aliphatic heterocycles. The number of hydrogen-bond acceptors (Lipinski definition) is 4. The van der Waals surface area contributed by atoms with Gasteiger partial charge >= 0.3 is 11.9 Å². The third-order valence-corrected chi connectivity index (χ3v) is 8.71. The maximum absolute atomic E-state index is 12.4. The Balaban J connectivity index is 1.85. The molecule has 10 heteroatoms. The van der Waals surface area contributed by atoms with Crippen LogP contribution in [0.25, 0.3) is 12.2 Å². The highest BCUT2D eigenvalue weighted by Crippen LogP contribution is 2.27. The average Bonchev–Trinajstić information content (AvgIpc) is 3.59. The number of nitrogens with zero attached hydrogens (tertiary/aromatic N) is 1. The predicted octanol–water partition coefficient (Wildman–Crippen LogP) is 3.08. The first-order chi connectivity index (χ1) is 20.4. The Morgan fingerprint density at radius 2 is 1.47 bits per heavy atom. The monoisotopic (exact) mass is 588 g/mol. The van der Waals surface area contributed by atoms with Gasteiger partial charge in [-0.2, -0.15) is 0 Å². The number of carbonyl (C=O) groups excluding carboxylic acids is 2. The van der Waals surface area contributed by atoms with Crippen LogP contribution in [0.1, 0.15) is 87.0 Å². The lowest BCUT2D eigenvalue weighted by atomic mass is 9.98. The molecule has 0 fully saturated rings. The van der Waals surface area contributed by atoms with Gasteiger partial charge in [0.05, 0.1) is 11.8 Å². The number of H-pyrrole nitrogens is 2. The van der Waals surface area contributed by atoms with Gasteiger partial charge in [0.25, 0.3) is 5.91 Å². The fourth-order valence-electron chi connectivity index (χ4n) is 6.12. The Labute approximate surface area is 250 Å². The molecule has 10 nitrogen and oxygen atoms in total. The zero-order chi connectivity index (χ0) is 31.6. The first-order valence-electron chi connectivity index (χ1n) is 14.7. The number of aromatic nitrogens is 2. The van der Waals surface area contributed by atoms with Crippen molar-refractivity contribution in [2.24, 2.45) is 4.99 Å². The molecule has 4 rings (SSSR count). The van der Waals surface area contributed by atoms with Gasteiger partial charge in [0, 0.05) is 52.5 Å². The second kappa shape index (κ2) is 12.8. The quantitative estimate of drug-likeness (QED) is 0.256. The van der Waals surface area contributed by atoms with Crippen LogP contribution >= 0.6 is 0 Å². The summed E-state index contributed by atoms with van der Waals surface area (Å²) in [5, 5.41) is 23.4. The van der Waals surface area contributed by atoms with Crippen LogP contribution in [0.2, 0.25) is 0 Å². The Bertz CT molecular complexity index is 1730. The third kappa shape index (κ3) is 6.48. The Hall–Kier alpha value is -4.47. The van der Waals surface area contributed by atoms with Gasteiger partial charge in [-0.3, -0.25) is 19.2 Å². The third-order valence-electron chi connectivity index (χ3n) is 8.71. The lowest BCUT2D eigenvalue weighted by Crippen LogP contribution is -2.30. The normalized spacial score (nSPS) is 17.9. The number of carbonyl (C=O) groups is 4. The van der Waals surface area contributed by atoms with Crippen LogP contribution in [0.15, 0.2) is 27.3 Å². The Kier molecular flexibility index (Phi) is 9.37. The van der Waals surface area contributed by atoms with Crippen molar-refractivity contribution in [3.8, 4) is 0 Å². The van der Waals surface area contributed by atoms with Crippen LogP contribution < -0.4 is 16.0 Å². The SMILES string of the molecule is CCC1=C(C)C(=O)N=C1C=c1[nH]c(=Cc2[nH]c(CC3NC(=O)C(CC)=C3C)c(C)c2CCC(=O)O)c(CCC(=O)O)c1C. The highest BCUT2D eigenvalue weighted by atomic mass is 16.4. The van der Waals surface area contributed by atoms with E-state index in [1.807, 2.05) is 46.8 Å². The van der Waals surface area contributed by atoms with E-state index in [-0.39, 0.29) is 37.1 Å². The average molecular weight is 589 g/mol. The van der Waals surface area contributed by atoms with Crippen molar-refractivity contribution in [2.45, 2.75) is 92.5 Å². The molecular weight excluding hydrogens is 548 g/mol. The van der Waals surface area contributed by atoms with E-state index < -0.39 is 11.9 Å². The van der Waals surface area contributed by atoms with Crippen LogP contribution in [-0.4, -0.2) is 55.7 Å². The van der Waals surface area contributed by atoms with Gasteiger partial charge in [-0.15, -0.1) is 0 Å².